The zero-order chi connectivity index (χ0) is 20.0. The summed E-state index contributed by atoms with van der Waals surface area (Å²) >= 11 is -0.259. The Morgan fingerprint density at radius 1 is 1.19 bits per heavy atom. The highest BCUT2D eigenvalue weighted by molar-refractivity contribution is 8.00. The summed E-state index contributed by atoms with van der Waals surface area (Å²) in [4.78, 5) is 27.9. The quantitative estimate of drug-likeness (QED) is 0.565. The van der Waals surface area contributed by atoms with Gasteiger partial charge in [0, 0.05) is 11.0 Å². The van der Waals surface area contributed by atoms with E-state index in [-0.39, 0.29) is 28.9 Å². The molecule has 1 aliphatic rings. The molecular weight excluding hydrogens is 383 g/mol. The lowest BCUT2D eigenvalue weighted by Gasteiger charge is -2.26. The number of nitrogens with zero attached hydrogens (tertiary/aromatic N) is 3. The average molecular weight is 399 g/mol. The minimum Gasteiger partial charge on any atom is -0.361 e. The molecule has 0 unspecified atom stereocenters. The summed E-state index contributed by atoms with van der Waals surface area (Å²) in [6.07, 6.45) is 0. The highest BCUT2D eigenvalue weighted by Crippen LogP contribution is 2.38. The van der Waals surface area contributed by atoms with E-state index in [1.54, 1.807) is 26.8 Å². The van der Waals surface area contributed by atoms with Crippen LogP contribution in [-0.2, 0) is 11.3 Å². The van der Waals surface area contributed by atoms with Gasteiger partial charge in [0.05, 0.1) is 12.2 Å². The summed E-state index contributed by atoms with van der Waals surface area (Å²) < 4.78 is 42.3. The number of alkyl halides is 3. The number of anilines is 1. The molecule has 1 aliphatic heterocycles. The minimum absolute atomic E-state index is 0.0282. The fourth-order valence-corrected chi connectivity index (χ4v) is 3.32. The van der Waals surface area contributed by atoms with Gasteiger partial charge in [-0.2, -0.15) is 13.2 Å². The first-order chi connectivity index (χ1) is 12.5. The molecule has 1 aromatic carbocycles. The maximum atomic E-state index is 12.8. The largest absolute Gasteiger partial charge is 0.446 e. The number of imide groups is 1. The first-order valence-electron chi connectivity index (χ1n) is 7.93. The lowest BCUT2D eigenvalue weighted by atomic mass is 10.0. The van der Waals surface area contributed by atoms with Crippen molar-refractivity contribution in [2.45, 2.75) is 43.3 Å². The van der Waals surface area contributed by atoms with E-state index >= 15 is 0 Å². The zero-order valence-electron chi connectivity index (χ0n) is 14.7. The molecule has 0 saturated carbocycles. The number of rotatable bonds is 4. The minimum atomic E-state index is -4.41. The lowest BCUT2D eigenvalue weighted by molar-refractivity contribution is -0.123. The molecule has 27 heavy (non-hydrogen) atoms. The maximum absolute atomic E-state index is 12.8. The second-order valence-corrected chi connectivity index (χ2v) is 7.68. The zero-order valence-corrected chi connectivity index (χ0v) is 15.5. The number of benzene rings is 1. The molecule has 3 rings (SSSR count). The fourth-order valence-electron chi connectivity index (χ4n) is 2.78. The van der Waals surface area contributed by atoms with E-state index in [1.807, 2.05) is 0 Å². The van der Waals surface area contributed by atoms with Crippen molar-refractivity contribution >= 4 is 29.4 Å². The normalized spacial score (nSPS) is 17.1. The highest BCUT2D eigenvalue weighted by atomic mass is 32.2. The summed E-state index contributed by atoms with van der Waals surface area (Å²) in [5.41, 5.74) is -4.83. The summed E-state index contributed by atoms with van der Waals surface area (Å²) in [6, 6.07) is 6.20. The molecule has 2 aromatic rings. The van der Waals surface area contributed by atoms with Crippen LogP contribution in [0.2, 0.25) is 0 Å². The smallest absolute Gasteiger partial charge is 0.361 e. The van der Waals surface area contributed by atoms with Gasteiger partial charge in [-0.05, 0) is 56.8 Å². The molecule has 1 saturated heterocycles. The number of hydrogen-bond donors (Lipinski definition) is 0. The van der Waals surface area contributed by atoms with Crippen molar-refractivity contribution in [3.8, 4) is 0 Å². The first kappa shape index (κ1) is 19.3. The van der Waals surface area contributed by atoms with Gasteiger partial charge in [-0.15, -0.1) is 0 Å². The Morgan fingerprint density at radius 2 is 1.81 bits per heavy atom. The first-order valence-corrected chi connectivity index (χ1v) is 8.75. The summed E-state index contributed by atoms with van der Waals surface area (Å²) in [7, 11) is 0. The fraction of sp³-hybridized carbons (Fsp3) is 0.353. The van der Waals surface area contributed by atoms with Crippen LogP contribution in [0.4, 0.5) is 23.7 Å². The van der Waals surface area contributed by atoms with E-state index < -0.39 is 23.0 Å². The number of halogens is 3. The molecular formula is C17H16F3N3O3S. The van der Waals surface area contributed by atoms with Gasteiger partial charge in [-0.1, -0.05) is 5.16 Å². The van der Waals surface area contributed by atoms with Crippen molar-refractivity contribution in [1.29, 1.82) is 0 Å². The van der Waals surface area contributed by atoms with Crippen LogP contribution in [0.15, 0.2) is 39.8 Å². The maximum Gasteiger partial charge on any atom is 0.446 e. The Kier molecular flexibility index (Phi) is 4.71. The molecule has 2 heterocycles. The van der Waals surface area contributed by atoms with Crippen molar-refractivity contribution in [1.82, 2.24) is 10.1 Å². The van der Waals surface area contributed by atoms with E-state index in [0.717, 1.165) is 4.90 Å². The van der Waals surface area contributed by atoms with Gasteiger partial charge in [-0.3, -0.25) is 4.79 Å². The van der Waals surface area contributed by atoms with Gasteiger partial charge < -0.3 is 9.42 Å². The van der Waals surface area contributed by atoms with Gasteiger partial charge in [0.1, 0.15) is 17.0 Å². The summed E-state index contributed by atoms with van der Waals surface area (Å²) in [5.74, 6) is 0.110. The molecule has 6 nitrogen and oxygen atoms in total. The number of amides is 3. The molecule has 0 spiro atoms. The van der Waals surface area contributed by atoms with Crippen molar-refractivity contribution < 1.29 is 27.3 Å². The Bertz CT molecular complexity index is 878. The highest BCUT2D eigenvalue weighted by Gasteiger charge is 2.52. The van der Waals surface area contributed by atoms with Crippen LogP contribution in [-0.4, -0.2) is 33.0 Å². The Balaban J connectivity index is 1.85. The number of hydrogen-bond acceptors (Lipinski definition) is 5. The van der Waals surface area contributed by atoms with E-state index in [9.17, 15) is 22.8 Å². The molecule has 1 aromatic heterocycles. The second kappa shape index (κ2) is 6.59. The molecule has 0 N–H and O–H groups in total. The topological polar surface area (TPSA) is 66.7 Å². The summed E-state index contributed by atoms with van der Waals surface area (Å²) in [5, 5.41) is 3.84. The third kappa shape index (κ3) is 3.80. The van der Waals surface area contributed by atoms with Crippen LogP contribution in [0.5, 0.6) is 0 Å². The predicted molar refractivity (Wildman–Crippen MR) is 92.1 cm³/mol. The third-order valence-corrected chi connectivity index (χ3v) is 4.89. The van der Waals surface area contributed by atoms with E-state index in [4.69, 9.17) is 4.52 Å². The number of urea groups is 1. The number of thioether (sulfide) groups is 1. The molecule has 0 aliphatic carbocycles. The number of aryl methyl sites for hydroxylation is 1. The van der Waals surface area contributed by atoms with E-state index in [0.29, 0.717) is 11.5 Å². The lowest BCUT2D eigenvalue weighted by Crippen LogP contribution is -2.43. The SMILES string of the molecule is Cc1cc(CN2C(=O)N(c3ccc(SC(F)(F)F)cc3)C(=O)C2(C)C)no1. The van der Waals surface area contributed by atoms with E-state index in [1.165, 1.54) is 29.2 Å². The van der Waals surface area contributed by atoms with Crippen LogP contribution < -0.4 is 4.90 Å². The van der Waals surface area contributed by atoms with Crippen molar-refractivity contribution in [2.24, 2.45) is 0 Å². The van der Waals surface area contributed by atoms with Crippen LogP contribution in [0.25, 0.3) is 0 Å². The van der Waals surface area contributed by atoms with E-state index in [2.05, 4.69) is 5.16 Å². The second-order valence-electron chi connectivity index (χ2n) is 6.54. The predicted octanol–water partition coefficient (Wildman–Crippen LogP) is 4.34. The molecule has 3 amide bonds. The van der Waals surface area contributed by atoms with Crippen LogP contribution >= 0.6 is 11.8 Å². The van der Waals surface area contributed by atoms with Crippen molar-refractivity contribution in [3.05, 3.63) is 41.8 Å². The van der Waals surface area contributed by atoms with Gasteiger partial charge in [0.25, 0.3) is 5.91 Å². The molecule has 0 atom stereocenters. The molecule has 0 radical (unpaired) electrons. The van der Waals surface area contributed by atoms with Crippen molar-refractivity contribution in [2.75, 3.05) is 4.90 Å². The number of carbonyl (C=O) groups excluding carboxylic acids is 2. The molecule has 10 heteroatoms. The standard InChI is InChI=1S/C17H16F3N3O3S/c1-10-8-11(21-26-10)9-22-15(25)23(14(24)16(22,2)3)12-4-6-13(7-5-12)27-17(18,19)20/h4-8H,9H2,1-3H3. The monoisotopic (exact) mass is 399 g/mol. The Hall–Kier alpha value is -2.49. The van der Waals surface area contributed by atoms with Crippen LogP contribution in [0.1, 0.15) is 25.3 Å². The van der Waals surface area contributed by atoms with Gasteiger partial charge >= 0.3 is 11.5 Å². The summed E-state index contributed by atoms with van der Waals surface area (Å²) in [6.45, 7) is 5.00. The molecule has 1 fully saturated rings. The Labute approximate surface area is 157 Å². The van der Waals surface area contributed by atoms with Gasteiger partial charge in [-0.25, -0.2) is 9.69 Å². The Morgan fingerprint density at radius 3 is 2.33 bits per heavy atom. The molecule has 0 bridgehead atoms. The third-order valence-electron chi connectivity index (χ3n) is 4.15. The number of carbonyl (C=O) groups is 2. The van der Waals surface area contributed by atoms with Gasteiger partial charge in [0.15, 0.2) is 0 Å². The number of aromatic nitrogens is 1. The van der Waals surface area contributed by atoms with Gasteiger partial charge in [0.2, 0.25) is 0 Å². The van der Waals surface area contributed by atoms with Crippen LogP contribution in [0, 0.1) is 6.92 Å². The van der Waals surface area contributed by atoms with Crippen molar-refractivity contribution in [3.63, 3.8) is 0 Å². The molecule has 144 valence electrons. The van der Waals surface area contributed by atoms with Crippen LogP contribution in [0.3, 0.4) is 0 Å². The average Bonchev–Trinajstić information content (AvgIpc) is 3.03.